The van der Waals surface area contributed by atoms with E-state index in [2.05, 4.69) is 4.98 Å². The molecule has 1 aromatic carbocycles. The van der Waals surface area contributed by atoms with Crippen LogP contribution < -0.4 is 10.2 Å². The predicted octanol–water partition coefficient (Wildman–Crippen LogP) is 4.61. The molecule has 1 aromatic heterocycles. The lowest BCUT2D eigenvalue weighted by Crippen LogP contribution is -2.51. The smallest absolute Gasteiger partial charge is 0.417 e. The van der Waals surface area contributed by atoms with Crippen LogP contribution >= 0.6 is 0 Å². The van der Waals surface area contributed by atoms with Gasteiger partial charge in [0.1, 0.15) is 4.90 Å². The fourth-order valence-electron chi connectivity index (χ4n) is 4.27. The van der Waals surface area contributed by atoms with Gasteiger partial charge in [0, 0.05) is 41.1 Å². The number of aromatic amines is 1. The lowest BCUT2D eigenvalue weighted by atomic mass is 9.74. The van der Waals surface area contributed by atoms with Crippen LogP contribution in [0.4, 0.5) is 22.0 Å². The second kappa shape index (κ2) is 8.39. The number of H-pyrrole nitrogens is 1. The van der Waals surface area contributed by atoms with Gasteiger partial charge in [-0.3, -0.25) is 4.79 Å². The first-order chi connectivity index (χ1) is 15.1. The van der Waals surface area contributed by atoms with Crippen LogP contribution in [0.25, 0.3) is 0 Å². The van der Waals surface area contributed by atoms with Crippen LogP contribution in [0, 0.1) is 23.3 Å². The topological polar surface area (TPSA) is 92.2 Å². The van der Waals surface area contributed by atoms with Crippen molar-refractivity contribution in [3.8, 4) is 5.75 Å². The molecule has 1 aliphatic rings. The zero-order valence-electron chi connectivity index (χ0n) is 18.2. The minimum atomic E-state index is -4.76. The summed E-state index contributed by atoms with van der Waals surface area (Å²) < 4.78 is 99.6. The Kier molecular flexibility index (Phi) is 6.40. The van der Waals surface area contributed by atoms with Gasteiger partial charge in [0.15, 0.2) is 22.6 Å². The number of hydrogen-bond donors (Lipinski definition) is 2. The molecule has 4 atom stereocenters. The fourth-order valence-corrected chi connectivity index (χ4v) is 5.35. The Morgan fingerprint density at radius 2 is 1.91 bits per heavy atom. The van der Waals surface area contributed by atoms with E-state index in [1.165, 1.54) is 6.92 Å². The minimum Gasteiger partial charge on any atom is -0.493 e. The lowest BCUT2D eigenvalue weighted by Gasteiger charge is -2.44. The van der Waals surface area contributed by atoms with Crippen molar-refractivity contribution in [3.05, 3.63) is 57.0 Å². The fraction of sp³-hybridized carbons (Fsp3) is 0.476. The molecule has 182 valence electrons. The van der Waals surface area contributed by atoms with Gasteiger partial charge in [-0.1, -0.05) is 6.07 Å². The van der Waals surface area contributed by atoms with E-state index in [0.717, 1.165) is 38.5 Å². The van der Waals surface area contributed by atoms with E-state index in [-0.39, 0.29) is 21.8 Å². The van der Waals surface area contributed by atoms with E-state index >= 15 is 0 Å². The maximum atomic E-state index is 14.4. The first-order valence-corrected chi connectivity index (χ1v) is 11.8. The molecule has 0 unspecified atom stereocenters. The zero-order valence-corrected chi connectivity index (χ0v) is 19.0. The van der Waals surface area contributed by atoms with Crippen LogP contribution in [0.5, 0.6) is 5.75 Å². The van der Waals surface area contributed by atoms with Gasteiger partial charge in [0.2, 0.25) is 5.82 Å². The van der Waals surface area contributed by atoms with Crippen LogP contribution in [-0.2, 0) is 14.5 Å². The molecule has 1 aliphatic heterocycles. The number of ether oxygens (including phenoxy) is 2. The number of nitrogens with one attached hydrogen (secondary N) is 2. The Hall–Kier alpha value is -2.47. The Morgan fingerprint density at radius 3 is 2.42 bits per heavy atom. The van der Waals surface area contributed by atoms with Gasteiger partial charge in [-0.2, -0.15) is 17.6 Å². The maximum Gasteiger partial charge on any atom is 0.417 e. The summed E-state index contributed by atoms with van der Waals surface area (Å²) in [5, 5.41) is 0. The number of benzene rings is 1. The minimum absolute atomic E-state index is 0.0115. The average Bonchev–Trinajstić information content (AvgIpc) is 2.67. The third-order valence-electron chi connectivity index (χ3n) is 5.93. The summed E-state index contributed by atoms with van der Waals surface area (Å²) in [7, 11) is -2.30. The van der Waals surface area contributed by atoms with Crippen molar-refractivity contribution in [1.29, 1.82) is 4.78 Å². The summed E-state index contributed by atoms with van der Waals surface area (Å²) in [5.74, 6) is -5.08. The summed E-state index contributed by atoms with van der Waals surface area (Å²) in [5.41, 5.74) is -3.03. The number of hydrogen-bond acceptors (Lipinski definition) is 5. The van der Waals surface area contributed by atoms with Gasteiger partial charge in [-0.25, -0.2) is 13.4 Å². The van der Waals surface area contributed by atoms with Gasteiger partial charge in [-0.15, -0.1) is 0 Å². The summed E-state index contributed by atoms with van der Waals surface area (Å²) in [6, 6.07) is 3.01. The number of aromatic nitrogens is 1. The van der Waals surface area contributed by atoms with Crippen LogP contribution in [0.3, 0.4) is 0 Å². The predicted molar refractivity (Wildman–Crippen MR) is 110 cm³/mol. The molecule has 3 rings (SSSR count). The third kappa shape index (κ3) is 4.50. The molecular weight excluding hydrogens is 471 g/mol. The van der Waals surface area contributed by atoms with Crippen molar-refractivity contribution in [3.63, 3.8) is 0 Å². The van der Waals surface area contributed by atoms with Gasteiger partial charge < -0.3 is 14.5 Å². The molecule has 2 N–H and O–H groups in total. The van der Waals surface area contributed by atoms with Crippen molar-refractivity contribution in [2.24, 2.45) is 0 Å². The molecule has 0 radical (unpaired) electrons. The SMILES string of the molecule is COc1c([C@@H]2C[C@](C)(C(F)(F)F)OC[C@H]2c2cc(=O)c([S@](C)(=N)=O)c(C)[nH]2)ccc(F)c1F. The highest BCUT2D eigenvalue weighted by Gasteiger charge is 2.57. The molecule has 1 saturated heterocycles. The quantitative estimate of drug-likeness (QED) is 0.607. The van der Waals surface area contributed by atoms with E-state index in [1.807, 2.05) is 0 Å². The van der Waals surface area contributed by atoms with Gasteiger partial charge >= 0.3 is 6.18 Å². The van der Waals surface area contributed by atoms with E-state index in [9.17, 15) is 31.0 Å². The van der Waals surface area contributed by atoms with Crippen LogP contribution in [0.2, 0.25) is 0 Å². The molecule has 0 amide bonds. The molecule has 12 heteroatoms. The standard InChI is InChI=1S/C21H23F5N2O4S/c1-10-19(33(4,27)30)16(29)7-15(28-10)13-9-32-20(2,21(24,25)26)8-12(13)11-5-6-14(22)17(23)18(11)31-3/h5-7,12-13,27H,8-9H2,1-4H3,(H,28,29)/t12-,13+,20+,33+/m0/s1. The molecule has 2 heterocycles. The van der Waals surface area contributed by atoms with E-state index < -0.39 is 69.2 Å². The largest absolute Gasteiger partial charge is 0.493 e. The van der Waals surface area contributed by atoms with Crippen molar-refractivity contribution in [2.75, 3.05) is 20.0 Å². The molecule has 0 saturated carbocycles. The first-order valence-electron chi connectivity index (χ1n) is 9.81. The molecule has 33 heavy (non-hydrogen) atoms. The summed E-state index contributed by atoms with van der Waals surface area (Å²) >= 11 is 0. The number of aryl methyl sites for hydroxylation is 1. The van der Waals surface area contributed by atoms with E-state index in [0.29, 0.717) is 0 Å². The van der Waals surface area contributed by atoms with Crippen molar-refractivity contribution in [1.82, 2.24) is 4.98 Å². The number of halogens is 5. The van der Waals surface area contributed by atoms with Gasteiger partial charge in [0.25, 0.3) is 0 Å². The summed E-state index contributed by atoms with van der Waals surface area (Å²) in [6.07, 6.45) is -4.33. The molecular formula is C21H23F5N2O4S. The molecule has 1 fully saturated rings. The molecule has 0 aliphatic carbocycles. The second-order valence-electron chi connectivity index (χ2n) is 8.33. The monoisotopic (exact) mass is 494 g/mol. The van der Waals surface area contributed by atoms with Gasteiger partial charge in [0.05, 0.1) is 23.4 Å². The number of rotatable bonds is 4. The number of alkyl halides is 3. The Labute approximate surface area is 187 Å². The van der Waals surface area contributed by atoms with E-state index in [1.54, 1.807) is 0 Å². The summed E-state index contributed by atoms with van der Waals surface area (Å²) in [4.78, 5) is 15.2. The summed E-state index contributed by atoms with van der Waals surface area (Å²) in [6.45, 7) is 1.79. The molecule has 0 spiro atoms. The second-order valence-corrected chi connectivity index (χ2v) is 10.4. The lowest BCUT2D eigenvalue weighted by molar-refractivity contribution is -0.286. The highest BCUT2D eigenvalue weighted by atomic mass is 32.2. The third-order valence-corrected chi connectivity index (χ3v) is 7.22. The number of pyridine rings is 1. The highest BCUT2D eigenvalue weighted by Crippen LogP contribution is 2.51. The normalized spacial score (nSPS) is 25.5. The number of methoxy groups -OCH3 is 1. The molecule has 0 bridgehead atoms. The zero-order chi connectivity index (χ0) is 24.9. The average molecular weight is 494 g/mol. The first kappa shape index (κ1) is 25.2. The Bertz CT molecular complexity index is 1240. The molecule has 6 nitrogen and oxygen atoms in total. The Balaban J connectivity index is 2.22. The van der Waals surface area contributed by atoms with Gasteiger partial charge in [-0.05, 0) is 26.3 Å². The van der Waals surface area contributed by atoms with Crippen LogP contribution in [0.15, 0.2) is 27.9 Å². The van der Waals surface area contributed by atoms with E-state index in [4.69, 9.17) is 14.3 Å². The van der Waals surface area contributed by atoms with Crippen LogP contribution in [0.1, 0.15) is 42.1 Å². The van der Waals surface area contributed by atoms with Crippen molar-refractivity contribution < 1.29 is 35.6 Å². The van der Waals surface area contributed by atoms with Crippen molar-refractivity contribution >= 4 is 9.73 Å². The maximum absolute atomic E-state index is 14.4. The molecule has 2 aromatic rings. The van der Waals surface area contributed by atoms with Crippen LogP contribution in [-0.4, -0.2) is 40.9 Å². The Morgan fingerprint density at radius 1 is 1.27 bits per heavy atom. The highest BCUT2D eigenvalue weighted by molar-refractivity contribution is 7.91. The van der Waals surface area contributed by atoms with Crippen molar-refractivity contribution in [2.45, 2.75) is 48.8 Å².